The zero-order valence-electron chi connectivity index (χ0n) is 22.3. The van der Waals surface area contributed by atoms with Gasteiger partial charge < -0.3 is 30.2 Å². The van der Waals surface area contributed by atoms with E-state index in [1.54, 1.807) is 38.0 Å². The molecular weight excluding hydrogens is 515 g/mol. The van der Waals surface area contributed by atoms with Crippen molar-refractivity contribution in [2.45, 2.75) is 39.1 Å². The molecule has 3 N–H and O–H groups in total. The molecule has 0 aliphatic carbocycles. The molecule has 0 radical (unpaired) electrons. The first-order valence-corrected chi connectivity index (χ1v) is 12.6. The lowest BCUT2D eigenvalue weighted by Gasteiger charge is -2.31. The Morgan fingerprint density at radius 1 is 1.23 bits per heavy atom. The standard InChI is InChI=1S/C27H32F3N5O4/c1-15-14-35(5-6-38-15)26(36)22-12-23-21(13-24(22)39-8-7-37-4)25(34-17(3)33-23)32-16(2)18-9-19(27(28,29)30)11-20(31)10-18/h9-13,15-16H,5-8,14,31H2,1-4H3,(H,32,33,34)/t15-,16?/m1/s1. The molecule has 210 valence electrons. The van der Waals surface area contributed by atoms with Crippen molar-refractivity contribution in [3.63, 3.8) is 0 Å². The number of halogens is 3. The van der Waals surface area contributed by atoms with Gasteiger partial charge in [0.05, 0.1) is 42.0 Å². The third-order valence-corrected chi connectivity index (χ3v) is 6.37. The Balaban J connectivity index is 1.74. The van der Waals surface area contributed by atoms with Crippen molar-refractivity contribution in [1.82, 2.24) is 14.9 Å². The molecule has 39 heavy (non-hydrogen) atoms. The monoisotopic (exact) mass is 547 g/mol. The number of benzene rings is 2. The zero-order valence-corrected chi connectivity index (χ0v) is 22.3. The fourth-order valence-corrected chi connectivity index (χ4v) is 4.46. The number of hydrogen-bond acceptors (Lipinski definition) is 8. The number of aromatic nitrogens is 2. The molecule has 2 atom stereocenters. The first-order valence-electron chi connectivity index (χ1n) is 12.6. The number of aryl methyl sites for hydroxylation is 1. The maximum atomic E-state index is 13.5. The van der Waals surface area contributed by atoms with E-state index in [1.807, 2.05) is 6.92 Å². The van der Waals surface area contributed by atoms with E-state index in [4.69, 9.17) is 19.9 Å². The van der Waals surface area contributed by atoms with Gasteiger partial charge in [0, 0.05) is 31.3 Å². The van der Waals surface area contributed by atoms with Crippen LogP contribution in [0, 0.1) is 6.92 Å². The fraction of sp³-hybridized carbons (Fsp3) is 0.444. The maximum Gasteiger partial charge on any atom is 0.416 e. The molecule has 1 aliphatic heterocycles. The number of amides is 1. The van der Waals surface area contributed by atoms with Crippen molar-refractivity contribution >= 4 is 28.3 Å². The van der Waals surface area contributed by atoms with Crippen LogP contribution < -0.4 is 15.8 Å². The highest BCUT2D eigenvalue weighted by Crippen LogP contribution is 2.35. The number of carbonyl (C=O) groups excluding carboxylic acids is 1. The molecule has 0 saturated carbocycles. The number of morpholine rings is 1. The summed E-state index contributed by atoms with van der Waals surface area (Å²) in [7, 11) is 1.55. The SMILES string of the molecule is COCCOc1cc2c(NC(C)c3cc(N)cc(C(F)(F)F)c3)nc(C)nc2cc1C(=O)N1CCO[C@H](C)C1. The highest BCUT2D eigenvalue weighted by atomic mass is 19.4. The van der Waals surface area contributed by atoms with Crippen molar-refractivity contribution in [1.29, 1.82) is 0 Å². The van der Waals surface area contributed by atoms with Crippen molar-refractivity contribution < 1.29 is 32.2 Å². The van der Waals surface area contributed by atoms with Gasteiger partial charge in [0.1, 0.15) is 24.0 Å². The van der Waals surface area contributed by atoms with Crippen LogP contribution in [0.1, 0.15) is 47.2 Å². The van der Waals surface area contributed by atoms with Crippen LogP contribution >= 0.6 is 0 Å². The molecule has 1 fully saturated rings. The maximum absolute atomic E-state index is 13.5. The molecule has 3 aromatic rings. The van der Waals surface area contributed by atoms with E-state index in [2.05, 4.69) is 15.3 Å². The highest BCUT2D eigenvalue weighted by molar-refractivity contribution is 6.03. The summed E-state index contributed by atoms with van der Waals surface area (Å²) in [6, 6.07) is 6.20. The third kappa shape index (κ3) is 6.69. The summed E-state index contributed by atoms with van der Waals surface area (Å²) in [5.41, 5.74) is 6.12. The minimum atomic E-state index is -4.53. The number of anilines is 2. The van der Waals surface area contributed by atoms with Crippen LogP contribution in [-0.2, 0) is 15.7 Å². The van der Waals surface area contributed by atoms with Gasteiger partial charge in [-0.3, -0.25) is 4.79 Å². The molecule has 4 rings (SSSR count). The predicted octanol–water partition coefficient (Wildman–Crippen LogP) is 4.60. The molecule has 1 amide bonds. The Hall–Kier alpha value is -3.64. The van der Waals surface area contributed by atoms with Crippen LogP contribution in [0.4, 0.5) is 24.7 Å². The lowest BCUT2D eigenvalue weighted by Crippen LogP contribution is -2.44. The van der Waals surface area contributed by atoms with E-state index < -0.39 is 17.8 Å². The molecular formula is C27H32F3N5O4. The summed E-state index contributed by atoms with van der Waals surface area (Å²) in [6.45, 7) is 7.17. The first-order chi connectivity index (χ1) is 18.5. The Morgan fingerprint density at radius 2 is 2.00 bits per heavy atom. The second kappa shape index (κ2) is 11.6. The first kappa shape index (κ1) is 28.4. The number of fused-ring (bicyclic) bond motifs is 1. The molecule has 1 unspecified atom stereocenters. The molecule has 0 spiro atoms. The summed E-state index contributed by atoms with van der Waals surface area (Å²) in [6.07, 6.45) is -4.62. The second-order valence-electron chi connectivity index (χ2n) is 9.51. The Kier molecular flexibility index (Phi) is 8.45. The van der Waals surface area contributed by atoms with Crippen LogP contribution in [0.25, 0.3) is 10.9 Å². The van der Waals surface area contributed by atoms with Gasteiger partial charge in [-0.1, -0.05) is 0 Å². The van der Waals surface area contributed by atoms with Gasteiger partial charge in [-0.2, -0.15) is 13.2 Å². The van der Waals surface area contributed by atoms with Gasteiger partial charge >= 0.3 is 6.18 Å². The minimum absolute atomic E-state index is 0.00613. The van der Waals surface area contributed by atoms with E-state index in [-0.39, 0.29) is 24.3 Å². The molecule has 1 aromatic heterocycles. The van der Waals surface area contributed by atoms with Crippen molar-refractivity contribution in [2.75, 3.05) is 51.1 Å². The van der Waals surface area contributed by atoms with Crippen LogP contribution in [0.15, 0.2) is 30.3 Å². The summed E-state index contributed by atoms with van der Waals surface area (Å²) in [4.78, 5) is 24.3. The molecule has 2 aromatic carbocycles. The van der Waals surface area contributed by atoms with E-state index in [0.29, 0.717) is 65.7 Å². The molecule has 1 aliphatic rings. The number of hydrogen-bond donors (Lipinski definition) is 2. The highest BCUT2D eigenvalue weighted by Gasteiger charge is 2.32. The van der Waals surface area contributed by atoms with Crippen LogP contribution in [-0.4, -0.2) is 66.9 Å². The van der Waals surface area contributed by atoms with E-state index in [1.165, 1.54) is 6.07 Å². The van der Waals surface area contributed by atoms with Crippen LogP contribution in [0.3, 0.4) is 0 Å². The number of ether oxygens (including phenoxy) is 3. The summed E-state index contributed by atoms with van der Waals surface area (Å²) < 4.78 is 56.7. The van der Waals surface area contributed by atoms with E-state index >= 15 is 0 Å². The summed E-state index contributed by atoms with van der Waals surface area (Å²) in [5.74, 6) is 0.928. The fourth-order valence-electron chi connectivity index (χ4n) is 4.46. The third-order valence-electron chi connectivity index (χ3n) is 6.37. The largest absolute Gasteiger partial charge is 0.490 e. The van der Waals surface area contributed by atoms with Crippen molar-refractivity contribution in [3.05, 3.63) is 52.8 Å². The second-order valence-corrected chi connectivity index (χ2v) is 9.51. The number of nitrogens with two attached hydrogens (primary N) is 1. The zero-order chi connectivity index (χ0) is 28.3. The van der Waals surface area contributed by atoms with Gasteiger partial charge in [0.25, 0.3) is 5.91 Å². The predicted molar refractivity (Wildman–Crippen MR) is 141 cm³/mol. The number of nitrogens with zero attached hydrogens (tertiary/aromatic N) is 3. The lowest BCUT2D eigenvalue weighted by atomic mass is 10.0. The normalized spacial score (nSPS) is 16.8. The van der Waals surface area contributed by atoms with Crippen LogP contribution in [0.2, 0.25) is 0 Å². The molecule has 0 bridgehead atoms. The number of methoxy groups -OCH3 is 1. The number of alkyl halides is 3. The summed E-state index contributed by atoms with van der Waals surface area (Å²) in [5, 5.41) is 3.74. The van der Waals surface area contributed by atoms with E-state index in [9.17, 15) is 18.0 Å². The lowest BCUT2D eigenvalue weighted by molar-refractivity contribution is -0.137. The Morgan fingerprint density at radius 3 is 2.69 bits per heavy atom. The van der Waals surface area contributed by atoms with Gasteiger partial charge in [-0.05, 0) is 56.7 Å². The van der Waals surface area contributed by atoms with Gasteiger partial charge in [0.15, 0.2) is 0 Å². The van der Waals surface area contributed by atoms with E-state index in [0.717, 1.165) is 12.1 Å². The summed E-state index contributed by atoms with van der Waals surface area (Å²) >= 11 is 0. The topological polar surface area (TPSA) is 112 Å². The molecule has 12 heteroatoms. The number of nitrogens with one attached hydrogen (secondary N) is 1. The Bertz CT molecular complexity index is 1350. The van der Waals surface area contributed by atoms with Crippen molar-refractivity contribution in [3.8, 4) is 5.75 Å². The van der Waals surface area contributed by atoms with Gasteiger partial charge in [-0.15, -0.1) is 0 Å². The van der Waals surface area contributed by atoms with Crippen LogP contribution in [0.5, 0.6) is 5.75 Å². The van der Waals surface area contributed by atoms with Gasteiger partial charge in [-0.25, -0.2) is 9.97 Å². The number of carbonyl (C=O) groups is 1. The minimum Gasteiger partial charge on any atom is -0.490 e. The average molecular weight is 548 g/mol. The average Bonchev–Trinajstić information content (AvgIpc) is 2.87. The number of rotatable bonds is 8. The number of nitrogen functional groups attached to an aromatic ring is 1. The quantitative estimate of drug-likeness (QED) is 0.311. The van der Waals surface area contributed by atoms with Gasteiger partial charge in [0.2, 0.25) is 0 Å². The molecule has 1 saturated heterocycles. The molecule has 9 nitrogen and oxygen atoms in total. The van der Waals surface area contributed by atoms with Crippen molar-refractivity contribution in [2.24, 2.45) is 0 Å². The Labute approximate surface area is 224 Å². The smallest absolute Gasteiger partial charge is 0.416 e. The molecule has 2 heterocycles.